The van der Waals surface area contributed by atoms with Gasteiger partial charge in [0.25, 0.3) is 0 Å². The van der Waals surface area contributed by atoms with E-state index in [-0.39, 0.29) is 6.61 Å². The first-order valence-electron chi connectivity index (χ1n) is 6.80. The summed E-state index contributed by atoms with van der Waals surface area (Å²) < 4.78 is 16.1. The van der Waals surface area contributed by atoms with Gasteiger partial charge in [-0.25, -0.2) is 0 Å². The molecule has 1 rings (SSSR count). The van der Waals surface area contributed by atoms with Gasteiger partial charge in [0.15, 0.2) is 11.5 Å². The van der Waals surface area contributed by atoms with Crippen LogP contribution in [0, 0.1) is 0 Å². The van der Waals surface area contributed by atoms with Gasteiger partial charge in [-0.3, -0.25) is 0 Å². The van der Waals surface area contributed by atoms with Gasteiger partial charge in [0.05, 0.1) is 21.3 Å². The van der Waals surface area contributed by atoms with Gasteiger partial charge in [0.1, 0.15) is 0 Å². The van der Waals surface area contributed by atoms with Gasteiger partial charge in [0, 0.05) is 24.8 Å². The molecule has 1 aromatic rings. The third kappa shape index (κ3) is 4.28. The molecule has 20 heavy (non-hydrogen) atoms. The number of methoxy groups -OCH3 is 3. The van der Waals surface area contributed by atoms with Crippen molar-refractivity contribution in [1.82, 2.24) is 5.32 Å². The zero-order chi connectivity index (χ0) is 15.0. The Bertz CT molecular complexity index is 409. The van der Waals surface area contributed by atoms with E-state index >= 15 is 0 Å². The smallest absolute Gasteiger partial charge is 0.203 e. The van der Waals surface area contributed by atoms with Crippen molar-refractivity contribution in [1.29, 1.82) is 0 Å². The first kappa shape index (κ1) is 16.6. The molecule has 1 atom stereocenters. The lowest BCUT2D eigenvalue weighted by molar-refractivity contribution is 0.276. The fourth-order valence-electron chi connectivity index (χ4n) is 2.09. The molecule has 0 aromatic heterocycles. The Morgan fingerprint density at radius 1 is 1.10 bits per heavy atom. The Morgan fingerprint density at radius 3 is 2.35 bits per heavy atom. The number of rotatable bonds is 9. The molecule has 5 heteroatoms. The minimum absolute atomic E-state index is 0.228. The molecule has 0 saturated heterocycles. The maximum atomic E-state index is 8.83. The van der Waals surface area contributed by atoms with E-state index < -0.39 is 0 Å². The molecule has 0 bridgehead atoms. The minimum Gasteiger partial charge on any atom is -0.493 e. The number of benzene rings is 1. The standard InChI is InChI=1S/C15H25NO4/c1-11(6-5-9-17)16-10-12-7-8-13(18-2)15(20-4)14(12)19-3/h7-8,11,16-17H,5-6,9-10H2,1-4H3. The van der Waals surface area contributed by atoms with Crippen LogP contribution < -0.4 is 19.5 Å². The first-order valence-corrected chi connectivity index (χ1v) is 6.80. The summed E-state index contributed by atoms with van der Waals surface area (Å²) in [5.74, 6) is 1.95. The van der Waals surface area contributed by atoms with Gasteiger partial charge in [-0.1, -0.05) is 6.07 Å². The van der Waals surface area contributed by atoms with Crippen LogP contribution in [-0.2, 0) is 6.54 Å². The molecule has 0 aliphatic carbocycles. The van der Waals surface area contributed by atoms with E-state index in [0.717, 1.165) is 18.4 Å². The van der Waals surface area contributed by atoms with Crippen molar-refractivity contribution in [3.63, 3.8) is 0 Å². The summed E-state index contributed by atoms with van der Waals surface area (Å²) in [6.45, 7) is 3.00. The Kier molecular flexibility index (Phi) is 7.18. The summed E-state index contributed by atoms with van der Waals surface area (Å²) >= 11 is 0. The number of nitrogens with one attached hydrogen (secondary N) is 1. The van der Waals surface area contributed by atoms with Crippen molar-refractivity contribution in [2.24, 2.45) is 0 Å². The molecule has 0 aliphatic heterocycles. The molecule has 1 unspecified atom stereocenters. The summed E-state index contributed by atoms with van der Waals surface area (Å²) in [7, 11) is 4.82. The lowest BCUT2D eigenvalue weighted by Crippen LogP contribution is -2.25. The summed E-state index contributed by atoms with van der Waals surface area (Å²) in [4.78, 5) is 0. The van der Waals surface area contributed by atoms with Crippen LogP contribution in [0.15, 0.2) is 12.1 Å². The number of aliphatic hydroxyl groups excluding tert-OH is 1. The van der Waals surface area contributed by atoms with Gasteiger partial charge in [-0.2, -0.15) is 0 Å². The molecule has 5 nitrogen and oxygen atoms in total. The maximum absolute atomic E-state index is 8.83. The van der Waals surface area contributed by atoms with Crippen molar-refractivity contribution >= 4 is 0 Å². The van der Waals surface area contributed by atoms with Crippen LogP contribution in [0.4, 0.5) is 0 Å². The van der Waals surface area contributed by atoms with Crippen LogP contribution in [0.3, 0.4) is 0 Å². The van der Waals surface area contributed by atoms with Crippen LogP contribution >= 0.6 is 0 Å². The predicted octanol–water partition coefficient (Wildman–Crippen LogP) is 1.96. The van der Waals surface area contributed by atoms with Gasteiger partial charge >= 0.3 is 0 Å². The largest absolute Gasteiger partial charge is 0.493 e. The van der Waals surface area contributed by atoms with Crippen molar-refractivity contribution in [2.45, 2.75) is 32.4 Å². The molecule has 0 heterocycles. The van der Waals surface area contributed by atoms with Gasteiger partial charge < -0.3 is 24.6 Å². The maximum Gasteiger partial charge on any atom is 0.203 e. The van der Waals surface area contributed by atoms with Crippen LogP contribution in [0.5, 0.6) is 17.2 Å². The molecule has 0 saturated carbocycles. The van der Waals surface area contributed by atoms with Crippen molar-refractivity contribution in [3.8, 4) is 17.2 Å². The van der Waals surface area contributed by atoms with Crippen molar-refractivity contribution < 1.29 is 19.3 Å². The fraction of sp³-hybridized carbons (Fsp3) is 0.600. The molecule has 0 amide bonds. The molecule has 0 radical (unpaired) electrons. The van der Waals surface area contributed by atoms with E-state index in [1.165, 1.54) is 0 Å². The Hall–Kier alpha value is -1.46. The predicted molar refractivity (Wildman–Crippen MR) is 78.7 cm³/mol. The third-order valence-corrected chi connectivity index (χ3v) is 3.22. The second kappa shape index (κ2) is 8.66. The lowest BCUT2D eigenvalue weighted by atomic mass is 10.1. The van der Waals surface area contributed by atoms with E-state index in [1.54, 1.807) is 21.3 Å². The Morgan fingerprint density at radius 2 is 1.80 bits per heavy atom. The number of hydrogen-bond donors (Lipinski definition) is 2. The van der Waals surface area contributed by atoms with Crippen LogP contribution in [0.1, 0.15) is 25.3 Å². The molecular weight excluding hydrogens is 258 g/mol. The number of ether oxygens (including phenoxy) is 3. The molecule has 114 valence electrons. The zero-order valence-electron chi connectivity index (χ0n) is 12.7. The van der Waals surface area contributed by atoms with Crippen LogP contribution in [0.2, 0.25) is 0 Å². The van der Waals surface area contributed by atoms with E-state index in [2.05, 4.69) is 12.2 Å². The Balaban J connectivity index is 2.79. The highest BCUT2D eigenvalue weighted by Crippen LogP contribution is 2.39. The van der Waals surface area contributed by atoms with E-state index in [1.807, 2.05) is 12.1 Å². The second-order valence-electron chi connectivity index (χ2n) is 4.64. The van der Waals surface area contributed by atoms with Crippen molar-refractivity contribution in [2.75, 3.05) is 27.9 Å². The van der Waals surface area contributed by atoms with E-state index in [4.69, 9.17) is 19.3 Å². The van der Waals surface area contributed by atoms with Gasteiger partial charge in [-0.15, -0.1) is 0 Å². The van der Waals surface area contributed by atoms with E-state index in [9.17, 15) is 0 Å². The van der Waals surface area contributed by atoms with Crippen molar-refractivity contribution in [3.05, 3.63) is 17.7 Å². The highest BCUT2D eigenvalue weighted by molar-refractivity contribution is 5.55. The highest BCUT2D eigenvalue weighted by Gasteiger charge is 2.15. The Labute approximate surface area is 120 Å². The third-order valence-electron chi connectivity index (χ3n) is 3.22. The highest BCUT2D eigenvalue weighted by atomic mass is 16.5. The molecule has 2 N–H and O–H groups in total. The average molecular weight is 283 g/mol. The summed E-state index contributed by atoms with van der Waals surface area (Å²) in [5.41, 5.74) is 1.01. The molecule has 0 aliphatic rings. The lowest BCUT2D eigenvalue weighted by Gasteiger charge is -2.18. The zero-order valence-corrected chi connectivity index (χ0v) is 12.7. The van der Waals surface area contributed by atoms with Crippen LogP contribution in [0.25, 0.3) is 0 Å². The number of aliphatic hydroxyl groups is 1. The summed E-state index contributed by atoms with van der Waals surface area (Å²) in [5, 5.41) is 12.2. The van der Waals surface area contributed by atoms with E-state index in [0.29, 0.717) is 29.8 Å². The average Bonchev–Trinajstić information content (AvgIpc) is 2.49. The van der Waals surface area contributed by atoms with Gasteiger partial charge in [0.2, 0.25) is 5.75 Å². The monoisotopic (exact) mass is 283 g/mol. The molecule has 0 fully saturated rings. The fourth-order valence-corrected chi connectivity index (χ4v) is 2.09. The first-order chi connectivity index (χ1) is 9.67. The number of hydrogen-bond acceptors (Lipinski definition) is 5. The quantitative estimate of drug-likeness (QED) is 0.725. The minimum atomic E-state index is 0.228. The second-order valence-corrected chi connectivity index (χ2v) is 4.64. The molecular formula is C15H25NO4. The summed E-state index contributed by atoms with van der Waals surface area (Å²) in [6, 6.07) is 4.17. The van der Waals surface area contributed by atoms with Gasteiger partial charge in [-0.05, 0) is 25.8 Å². The van der Waals surface area contributed by atoms with Crippen LogP contribution in [-0.4, -0.2) is 39.1 Å². The molecule has 1 aromatic carbocycles. The molecule has 0 spiro atoms. The normalized spacial score (nSPS) is 12.1. The summed E-state index contributed by atoms with van der Waals surface area (Å²) in [6.07, 6.45) is 1.74. The SMILES string of the molecule is COc1ccc(CNC(C)CCCO)c(OC)c1OC. The topological polar surface area (TPSA) is 60.0 Å².